The minimum Gasteiger partial charge on any atom is -0.394 e. The van der Waals surface area contributed by atoms with Crippen molar-refractivity contribution in [3.05, 3.63) is 33.3 Å². The van der Waals surface area contributed by atoms with Gasteiger partial charge in [-0.15, -0.1) is 0 Å². The molecule has 0 unspecified atom stereocenters. The summed E-state index contributed by atoms with van der Waals surface area (Å²) in [6.07, 6.45) is 0. The predicted octanol–water partition coefficient (Wildman–Crippen LogP) is 1.84. The summed E-state index contributed by atoms with van der Waals surface area (Å²) in [5.74, 6) is -0.241. The number of benzene rings is 1. The number of aliphatic hydroxyl groups excluding tert-OH is 1. The average molecular weight is 323 g/mol. The van der Waals surface area contributed by atoms with Gasteiger partial charge in [-0.25, -0.2) is 0 Å². The van der Waals surface area contributed by atoms with Crippen molar-refractivity contribution >= 4 is 33.4 Å². The van der Waals surface area contributed by atoms with Crippen LogP contribution in [0.1, 0.15) is 10.4 Å². The monoisotopic (exact) mass is 321 g/mol. The van der Waals surface area contributed by atoms with Crippen molar-refractivity contribution in [3.8, 4) is 0 Å². The molecule has 94 valence electrons. The summed E-state index contributed by atoms with van der Waals surface area (Å²) in [5.41, 5.74) is 0.428. The molecular formula is C11H13BrClNO3. The average Bonchev–Trinajstić information content (AvgIpc) is 2.28. The van der Waals surface area contributed by atoms with E-state index in [0.717, 1.165) is 4.47 Å². The van der Waals surface area contributed by atoms with Crippen LogP contribution in [0.25, 0.3) is 0 Å². The first-order valence-electron chi connectivity index (χ1n) is 5.07. The van der Waals surface area contributed by atoms with Gasteiger partial charge in [0.15, 0.2) is 0 Å². The first-order valence-corrected chi connectivity index (χ1v) is 6.24. The normalized spacial score (nSPS) is 10.3. The van der Waals surface area contributed by atoms with Gasteiger partial charge < -0.3 is 15.2 Å². The fourth-order valence-electron chi connectivity index (χ4n) is 1.17. The Morgan fingerprint density at radius 2 is 2.24 bits per heavy atom. The predicted molar refractivity (Wildman–Crippen MR) is 69.4 cm³/mol. The van der Waals surface area contributed by atoms with E-state index in [9.17, 15) is 4.79 Å². The number of halogens is 2. The number of aliphatic hydroxyl groups is 1. The van der Waals surface area contributed by atoms with Crippen LogP contribution in [-0.2, 0) is 4.74 Å². The molecule has 6 heteroatoms. The highest BCUT2D eigenvalue weighted by Crippen LogP contribution is 2.21. The van der Waals surface area contributed by atoms with Crippen molar-refractivity contribution in [1.29, 1.82) is 0 Å². The van der Waals surface area contributed by atoms with Gasteiger partial charge in [0.25, 0.3) is 5.91 Å². The molecule has 2 N–H and O–H groups in total. The number of ether oxygens (including phenoxy) is 1. The highest BCUT2D eigenvalue weighted by atomic mass is 79.9. The van der Waals surface area contributed by atoms with Crippen LogP contribution >= 0.6 is 27.5 Å². The molecule has 0 aliphatic rings. The lowest BCUT2D eigenvalue weighted by Crippen LogP contribution is -2.27. The Bertz CT molecular complexity index is 387. The molecule has 0 aliphatic carbocycles. The smallest absolute Gasteiger partial charge is 0.252 e. The molecule has 0 atom stereocenters. The summed E-state index contributed by atoms with van der Waals surface area (Å²) in [6, 6.07) is 5.07. The van der Waals surface area contributed by atoms with E-state index in [1.54, 1.807) is 18.2 Å². The van der Waals surface area contributed by atoms with E-state index in [4.69, 9.17) is 21.4 Å². The molecular weight excluding hydrogens is 309 g/mol. The molecule has 0 spiro atoms. The van der Waals surface area contributed by atoms with E-state index in [1.807, 2.05) is 0 Å². The molecule has 4 nitrogen and oxygen atoms in total. The van der Waals surface area contributed by atoms with Crippen LogP contribution in [0.4, 0.5) is 0 Å². The van der Waals surface area contributed by atoms with Crippen molar-refractivity contribution in [2.45, 2.75) is 0 Å². The molecule has 0 aliphatic heterocycles. The molecule has 0 bridgehead atoms. The van der Waals surface area contributed by atoms with E-state index in [0.29, 0.717) is 23.7 Å². The Balaban J connectivity index is 2.42. The summed E-state index contributed by atoms with van der Waals surface area (Å²) in [5, 5.41) is 11.6. The maximum atomic E-state index is 11.7. The molecule has 1 aromatic carbocycles. The van der Waals surface area contributed by atoms with Crippen LogP contribution in [0.15, 0.2) is 22.7 Å². The lowest BCUT2D eigenvalue weighted by molar-refractivity contribution is 0.0838. The van der Waals surface area contributed by atoms with Crippen LogP contribution in [-0.4, -0.2) is 37.4 Å². The third-order valence-corrected chi connectivity index (χ3v) is 2.75. The SMILES string of the molecule is O=C(NCCOCCO)c1ccc(Br)cc1Cl. The van der Waals surface area contributed by atoms with Crippen LogP contribution in [0, 0.1) is 0 Å². The topological polar surface area (TPSA) is 58.6 Å². The van der Waals surface area contributed by atoms with E-state index in [-0.39, 0.29) is 19.1 Å². The quantitative estimate of drug-likeness (QED) is 0.786. The third-order valence-electron chi connectivity index (χ3n) is 1.94. The van der Waals surface area contributed by atoms with Crippen molar-refractivity contribution in [3.63, 3.8) is 0 Å². The minimum atomic E-state index is -0.241. The number of rotatable bonds is 6. The van der Waals surface area contributed by atoms with Crippen LogP contribution in [0.5, 0.6) is 0 Å². The van der Waals surface area contributed by atoms with Gasteiger partial charge in [0.05, 0.1) is 30.4 Å². The Hall–Kier alpha value is -0.620. The summed E-state index contributed by atoms with van der Waals surface area (Å²) in [4.78, 5) is 11.7. The number of carbonyl (C=O) groups is 1. The zero-order valence-electron chi connectivity index (χ0n) is 9.08. The van der Waals surface area contributed by atoms with E-state index in [2.05, 4.69) is 21.2 Å². The maximum Gasteiger partial charge on any atom is 0.252 e. The van der Waals surface area contributed by atoms with Gasteiger partial charge in [-0.2, -0.15) is 0 Å². The van der Waals surface area contributed by atoms with Gasteiger partial charge in [-0.3, -0.25) is 4.79 Å². The summed E-state index contributed by atoms with van der Waals surface area (Å²) >= 11 is 9.20. The van der Waals surface area contributed by atoms with Crippen LogP contribution in [0.2, 0.25) is 5.02 Å². The van der Waals surface area contributed by atoms with Gasteiger partial charge in [-0.05, 0) is 18.2 Å². The number of nitrogens with one attached hydrogen (secondary N) is 1. The van der Waals surface area contributed by atoms with Crippen molar-refractivity contribution in [1.82, 2.24) is 5.32 Å². The fourth-order valence-corrected chi connectivity index (χ4v) is 1.93. The number of hydrogen-bond acceptors (Lipinski definition) is 3. The van der Waals surface area contributed by atoms with Crippen LogP contribution < -0.4 is 5.32 Å². The zero-order chi connectivity index (χ0) is 12.7. The number of amides is 1. The highest BCUT2D eigenvalue weighted by molar-refractivity contribution is 9.10. The molecule has 1 aromatic rings. The van der Waals surface area contributed by atoms with Gasteiger partial charge in [0.1, 0.15) is 0 Å². The third kappa shape index (κ3) is 5.04. The fraction of sp³-hybridized carbons (Fsp3) is 0.364. The molecule has 0 saturated heterocycles. The summed E-state index contributed by atoms with van der Waals surface area (Å²) < 4.78 is 5.84. The lowest BCUT2D eigenvalue weighted by Gasteiger charge is -2.07. The second-order valence-corrected chi connectivity index (χ2v) is 4.54. The lowest BCUT2D eigenvalue weighted by atomic mass is 10.2. The first kappa shape index (κ1) is 14.4. The van der Waals surface area contributed by atoms with Crippen LogP contribution in [0.3, 0.4) is 0 Å². The van der Waals surface area contributed by atoms with Crippen molar-refractivity contribution < 1.29 is 14.6 Å². The Morgan fingerprint density at radius 1 is 1.47 bits per heavy atom. The molecule has 1 amide bonds. The Kier molecular flexibility index (Phi) is 6.50. The molecule has 1 rings (SSSR count). The van der Waals surface area contributed by atoms with E-state index in [1.165, 1.54) is 0 Å². The second kappa shape index (κ2) is 7.66. The Morgan fingerprint density at radius 3 is 2.88 bits per heavy atom. The summed E-state index contributed by atoms with van der Waals surface area (Å²) in [7, 11) is 0. The van der Waals surface area contributed by atoms with Gasteiger partial charge in [-0.1, -0.05) is 27.5 Å². The molecule has 17 heavy (non-hydrogen) atoms. The van der Waals surface area contributed by atoms with E-state index < -0.39 is 0 Å². The molecule has 0 aromatic heterocycles. The zero-order valence-corrected chi connectivity index (χ0v) is 11.4. The summed E-state index contributed by atoms with van der Waals surface area (Å²) in [6.45, 7) is 0.993. The number of carbonyl (C=O) groups excluding carboxylic acids is 1. The minimum absolute atomic E-state index is 0.0213. The molecule has 0 heterocycles. The maximum absolute atomic E-state index is 11.7. The van der Waals surface area contributed by atoms with Crippen molar-refractivity contribution in [2.75, 3.05) is 26.4 Å². The van der Waals surface area contributed by atoms with E-state index >= 15 is 0 Å². The largest absolute Gasteiger partial charge is 0.394 e. The first-order chi connectivity index (χ1) is 8.15. The van der Waals surface area contributed by atoms with Gasteiger partial charge in [0.2, 0.25) is 0 Å². The molecule has 0 saturated carbocycles. The number of hydrogen-bond donors (Lipinski definition) is 2. The second-order valence-electron chi connectivity index (χ2n) is 3.22. The van der Waals surface area contributed by atoms with Gasteiger partial charge >= 0.3 is 0 Å². The molecule has 0 radical (unpaired) electrons. The van der Waals surface area contributed by atoms with Gasteiger partial charge in [0, 0.05) is 11.0 Å². The molecule has 0 fully saturated rings. The Labute approximate surface area is 113 Å². The highest BCUT2D eigenvalue weighted by Gasteiger charge is 2.09. The van der Waals surface area contributed by atoms with Crippen molar-refractivity contribution in [2.24, 2.45) is 0 Å². The standard InChI is InChI=1S/C11H13BrClNO3/c12-8-1-2-9(10(13)7-8)11(16)14-3-5-17-6-4-15/h1-2,7,15H,3-6H2,(H,14,16).